The number of carbonyl (C=O) groups is 2. The molecule has 1 fully saturated rings. The molecule has 174 valence electrons. The van der Waals surface area contributed by atoms with Crippen LogP contribution in [0.1, 0.15) is 59.8 Å². The van der Waals surface area contributed by atoms with E-state index in [1.54, 1.807) is 22.8 Å². The average molecular weight is 457 g/mol. The molecule has 2 amide bonds. The summed E-state index contributed by atoms with van der Waals surface area (Å²) in [6.45, 7) is 1.96. The van der Waals surface area contributed by atoms with Crippen LogP contribution in [0.4, 0.5) is 5.69 Å². The molecular weight excluding hydrogens is 428 g/mol. The highest BCUT2D eigenvalue weighted by molar-refractivity contribution is 6.03. The Kier molecular flexibility index (Phi) is 5.20. The van der Waals surface area contributed by atoms with E-state index in [1.165, 1.54) is 0 Å². The molecule has 3 aliphatic heterocycles. The number of aryl methyl sites for hydroxylation is 1. The Bertz CT molecular complexity index is 1350. The lowest BCUT2D eigenvalue weighted by atomic mass is 9.80. The molecule has 4 heterocycles. The summed E-state index contributed by atoms with van der Waals surface area (Å²) >= 11 is 0. The van der Waals surface area contributed by atoms with Crippen LogP contribution < -0.4 is 10.9 Å². The van der Waals surface area contributed by atoms with Crippen molar-refractivity contribution in [3.05, 3.63) is 69.8 Å². The summed E-state index contributed by atoms with van der Waals surface area (Å²) in [5, 5.41) is 3.57. The third kappa shape index (κ3) is 3.50. The van der Waals surface area contributed by atoms with Gasteiger partial charge in [-0.15, -0.1) is 0 Å². The summed E-state index contributed by atoms with van der Waals surface area (Å²) < 4.78 is 1.80. The molecule has 0 radical (unpaired) electrons. The molecule has 1 atom stereocenters. The molecule has 0 aliphatic carbocycles. The number of nitrogens with one attached hydrogen (secondary N) is 1. The number of aromatic nitrogens is 2. The third-order valence-electron chi connectivity index (χ3n) is 7.70. The summed E-state index contributed by atoms with van der Waals surface area (Å²) in [6.07, 6.45) is 5.52. The second-order valence-electron chi connectivity index (χ2n) is 9.71. The normalized spacial score (nSPS) is 20.5. The molecule has 1 unspecified atom stereocenters. The number of nitrogens with zero attached hydrogens (tertiary/aromatic N) is 3. The molecule has 3 aliphatic rings. The van der Waals surface area contributed by atoms with Gasteiger partial charge < -0.3 is 10.2 Å². The molecular formula is C27H28N4O3. The van der Waals surface area contributed by atoms with Gasteiger partial charge in [-0.2, -0.15) is 0 Å². The smallest absolute Gasteiger partial charge is 0.261 e. The Morgan fingerprint density at radius 1 is 0.971 bits per heavy atom. The van der Waals surface area contributed by atoms with Crippen molar-refractivity contribution in [1.29, 1.82) is 0 Å². The van der Waals surface area contributed by atoms with Crippen molar-refractivity contribution in [2.24, 2.45) is 5.92 Å². The van der Waals surface area contributed by atoms with Crippen LogP contribution in [-0.2, 0) is 17.8 Å². The van der Waals surface area contributed by atoms with Crippen LogP contribution in [0.5, 0.6) is 0 Å². The molecule has 1 aromatic heterocycles. The first-order valence-corrected chi connectivity index (χ1v) is 12.3. The van der Waals surface area contributed by atoms with E-state index in [4.69, 9.17) is 4.98 Å². The molecule has 2 aromatic carbocycles. The number of likely N-dealkylation sites (tertiary alicyclic amines) is 1. The fourth-order valence-corrected chi connectivity index (χ4v) is 5.87. The van der Waals surface area contributed by atoms with Gasteiger partial charge in [0.25, 0.3) is 11.5 Å². The maximum absolute atomic E-state index is 13.3. The van der Waals surface area contributed by atoms with Crippen molar-refractivity contribution in [2.75, 3.05) is 18.4 Å². The van der Waals surface area contributed by atoms with Crippen LogP contribution >= 0.6 is 0 Å². The number of hydrogen-bond donors (Lipinski definition) is 1. The van der Waals surface area contributed by atoms with Gasteiger partial charge in [-0.25, -0.2) is 4.98 Å². The average Bonchev–Trinajstić information content (AvgIpc) is 3.02. The molecule has 34 heavy (non-hydrogen) atoms. The Labute approximate surface area is 197 Å². The summed E-state index contributed by atoms with van der Waals surface area (Å²) in [7, 11) is 0. The van der Waals surface area contributed by atoms with Gasteiger partial charge in [0, 0.05) is 37.3 Å². The van der Waals surface area contributed by atoms with E-state index >= 15 is 0 Å². The first-order chi connectivity index (χ1) is 16.6. The van der Waals surface area contributed by atoms with Crippen LogP contribution in [0, 0.1) is 5.92 Å². The molecule has 1 N–H and O–H groups in total. The third-order valence-corrected chi connectivity index (χ3v) is 7.70. The number of fused-ring (bicyclic) bond motifs is 3. The monoisotopic (exact) mass is 456 g/mol. The van der Waals surface area contributed by atoms with Crippen LogP contribution in [0.2, 0.25) is 0 Å². The lowest BCUT2D eigenvalue weighted by molar-refractivity contribution is -0.118. The lowest BCUT2D eigenvalue weighted by Gasteiger charge is -2.34. The standard InChI is InChI=1S/C27H28N4O3/c32-25-24(19-6-3-4-7-21(19)29-25)17-11-14-30(15-12-17)26(33)18-9-10-20-22(16-18)28-23-8-2-1-5-13-31(23)27(20)34/h3-4,6-7,9-10,16-17,24H,1-2,5,8,11-15H2,(H,29,32). The quantitative estimate of drug-likeness (QED) is 0.637. The molecule has 1 saturated heterocycles. The first kappa shape index (κ1) is 21.1. The van der Waals surface area contributed by atoms with Gasteiger partial charge >= 0.3 is 0 Å². The number of carbonyl (C=O) groups excluding carboxylic acids is 2. The highest BCUT2D eigenvalue weighted by Gasteiger charge is 2.38. The number of amides is 2. The molecule has 7 nitrogen and oxygen atoms in total. The predicted molar refractivity (Wildman–Crippen MR) is 130 cm³/mol. The molecule has 3 aromatic rings. The van der Waals surface area contributed by atoms with E-state index in [2.05, 4.69) is 5.32 Å². The van der Waals surface area contributed by atoms with Gasteiger partial charge in [-0.05, 0) is 61.4 Å². The lowest BCUT2D eigenvalue weighted by Crippen LogP contribution is -2.40. The van der Waals surface area contributed by atoms with E-state index in [1.807, 2.05) is 29.2 Å². The largest absolute Gasteiger partial charge is 0.339 e. The van der Waals surface area contributed by atoms with E-state index < -0.39 is 0 Å². The van der Waals surface area contributed by atoms with Crippen molar-refractivity contribution < 1.29 is 9.59 Å². The number of anilines is 1. The summed E-state index contributed by atoms with van der Waals surface area (Å²) in [5.74, 6) is 0.948. The van der Waals surface area contributed by atoms with Crippen molar-refractivity contribution in [3.63, 3.8) is 0 Å². The van der Waals surface area contributed by atoms with Crippen LogP contribution in [0.3, 0.4) is 0 Å². The maximum Gasteiger partial charge on any atom is 0.261 e. The van der Waals surface area contributed by atoms with Gasteiger partial charge in [0.15, 0.2) is 0 Å². The second kappa shape index (κ2) is 8.38. The topological polar surface area (TPSA) is 84.3 Å². The highest BCUT2D eigenvalue weighted by atomic mass is 16.2. The van der Waals surface area contributed by atoms with E-state index in [-0.39, 0.29) is 29.2 Å². The van der Waals surface area contributed by atoms with Crippen molar-refractivity contribution in [1.82, 2.24) is 14.5 Å². The van der Waals surface area contributed by atoms with Gasteiger partial charge in [0.2, 0.25) is 5.91 Å². The Balaban J connectivity index is 1.20. The van der Waals surface area contributed by atoms with Crippen molar-refractivity contribution in [3.8, 4) is 0 Å². The predicted octanol–water partition coefficient (Wildman–Crippen LogP) is 3.71. The van der Waals surface area contributed by atoms with Crippen LogP contribution in [-0.4, -0.2) is 39.4 Å². The Hall–Kier alpha value is -3.48. The molecule has 0 spiro atoms. The number of hydrogen-bond acceptors (Lipinski definition) is 4. The number of rotatable bonds is 2. The minimum absolute atomic E-state index is 0.00293. The molecule has 6 rings (SSSR count). The van der Waals surface area contributed by atoms with Gasteiger partial charge in [0.05, 0.1) is 16.8 Å². The molecule has 0 bridgehead atoms. The van der Waals surface area contributed by atoms with E-state index in [0.717, 1.165) is 62.1 Å². The van der Waals surface area contributed by atoms with Crippen molar-refractivity contribution >= 4 is 28.4 Å². The summed E-state index contributed by atoms with van der Waals surface area (Å²) in [5.41, 5.74) is 3.16. The zero-order valence-corrected chi connectivity index (χ0v) is 19.1. The van der Waals surface area contributed by atoms with Gasteiger partial charge in [-0.1, -0.05) is 24.6 Å². The van der Waals surface area contributed by atoms with Gasteiger partial charge in [-0.3, -0.25) is 19.0 Å². The number of benzene rings is 2. The molecule has 7 heteroatoms. The zero-order chi connectivity index (χ0) is 23.2. The maximum atomic E-state index is 13.3. The number of piperidine rings is 1. The van der Waals surface area contributed by atoms with Gasteiger partial charge in [0.1, 0.15) is 5.82 Å². The fourth-order valence-electron chi connectivity index (χ4n) is 5.87. The Morgan fingerprint density at radius 3 is 2.65 bits per heavy atom. The fraction of sp³-hybridized carbons (Fsp3) is 0.407. The first-order valence-electron chi connectivity index (χ1n) is 12.3. The number of para-hydroxylation sites is 1. The molecule has 0 saturated carbocycles. The highest BCUT2D eigenvalue weighted by Crippen LogP contribution is 2.41. The van der Waals surface area contributed by atoms with Crippen molar-refractivity contribution in [2.45, 2.75) is 51.0 Å². The van der Waals surface area contributed by atoms with E-state index in [9.17, 15) is 14.4 Å². The summed E-state index contributed by atoms with van der Waals surface area (Å²) in [6, 6.07) is 13.2. The van der Waals surface area contributed by atoms with Crippen LogP contribution in [0.15, 0.2) is 47.3 Å². The van der Waals surface area contributed by atoms with E-state index in [0.29, 0.717) is 29.6 Å². The Morgan fingerprint density at radius 2 is 1.79 bits per heavy atom. The minimum Gasteiger partial charge on any atom is -0.339 e. The SMILES string of the molecule is O=C1Nc2ccccc2C1C1CCN(C(=O)c2ccc3c(=O)n4c(nc3c2)CCCCC4)CC1. The summed E-state index contributed by atoms with van der Waals surface area (Å²) in [4.78, 5) is 45.5. The second-order valence-corrected chi connectivity index (χ2v) is 9.71. The zero-order valence-electron chi connectivity index (χ0n) is 19.1. The van der Waals surface area contributed by atoms with Crippen LogP contribution in [0.25, 0.3) is 10.9 Å². The minimum atomic E-state index is -0.137.